The molecular weight excluding hydrogens is 234 g/mol. The van der Waals surface area contributed by atoms with E-state index in [1.807, 2.05) is 0 Å². The Kier molecular flexibility index (Phi) is 4.47. The molecule has 1 aliphatic carbocycles. The highest BCUT2D eigenvalue weighted by atomic mass is 32.2. The zero-order chi connectivity index (χ0) is 12.3. The zero-order valence-corrected chi connectivity index (χ0v) is 11.6. The van der Waals surface area contributed by atoms with Gasteiger partial charge in [-0.3, -0.25) is 0 Å². The lowest BCUT2D eigenvalue weighted by atomic mass is 9.84. The van der Waals surface area contributed by atoms with E-state index in [0.717, 1.165) is 18.9 Å². The highest BCUT2D eigenvalue weighted by molar-refractivity contribution is 7.91. The van der Waals surface area contributed by atoms with Gasteiger partial charge in [-0.15, -0.1) is 0 Å². The van der Waals surface area contributed by atoms with E-state index in [1.54, 1.807) is 0 Å². The lowest BCUT2D eigenvalue weighted by Crippen LogP contribution is -2.37. The molecular formula is C13H25NO2S. The molecule has 1 saturated carbocycles. The van der Waals surface area contributed by atoms with Gasteiger partial charge in [0.25, 0.3) is 0 Å². The molecule has 0 radical (unpaired) electrons. The van der Waals surface area contributed by atoms with Crippen LogP contribution in [0.2, 0.25) is 0 Å². The van der Waals surface area contributed by atoms with E-state index in [0.29, 0.717) is 23.5 Å². The lowest BCUT2D eigenvalue weighted by molar-refractivity contribution is 0.274. The number of hydrogen-bond donors (Lipinski definition) is 1. The summed E-state index contributed by atoms with van der Waals surface area (Å²) in [7, 11) is -2.71. The third kappa shape index (κ3) is 3.95. The summed E-state index contributed by atoms with van der Waals surface area (Å²) in [5.74, 6) is 1.96. The van der Waals surface area contributed by atoms with Gasteiger partial charge in [-0.25, -0.2) is 8.42 Å². The van der Waals surface area contributed by atoms with Gasteiger partial charge >= 0.3 is 0 Å². The van der Waals surface area contributed by atoms with Crippen molar-refractivity contribution in [2.75, 3.05) is 18.1 Å². The van der Waals surface area contributed by atoms with Gasteiger partial charge in [0.15, 0.2) is 9.84 Å². The molecule has 0 amide bonds. The summed E-state index contributed by atoms with van der Waals surface area (Å²) in [4.78, 5) is 0. The molecule has 4 heteroatoms. The van der Waals surface area contributed by atoms with Crippen molar-refractivity contribution in [2.45, 2.75) is 51.5 Å². The fourth-order valence-electron chi connectivity index (χ4n) is 3.19. The van der Waals surface area contributed by atoms with Crippen LogP contribution in [0.1, 0.15) is 45.4 Å². The molecule has 0 aromatic rings. The van der Waals surface area contributed by atoms with Crippen LogP contribution in [0.15, 0.2) is 0 Å². The van der Waals surface area contributed by atoms with E-state index >= 15 is 0 Å². The summed E-state index contributed by atoms with van der Waals surface area (Å²) in [6, 6.07) is 0.554. The van der Waals surface area contributed by atoms with Gasteiger partial charge in [0.1, 0.15) is 0 Å². The predicted octanol–water partition coefficient (Wildman–Crippen LogP) is 1.98. The maximum atomic E-state index is 11.4. The van der Waals surface area contributed by atoms with E-state index in [9.17, 15) is 8.42 Å². The normalized spacial score (nSPS) is 31.5. The Balaban J connectivity index is 1.71. The Morgan fingerprint density at radius 3 is 2.47 bits per heavy atom. The summed E-state index contributed by atoms with van der Waals surface area (Å²) < 4.78 is 22.7. The first-order chi connectivity index (χ1) is 8.07. The van der Waals surface area contributed by atoms with E-state index in [2.05, 4.69) is 12.2 Å². The predicted molar refractivity (Wildman–Crippen MR) is 70.8 cm³/mol. The minimum Gasteiger partial charge on any atom is -0.314 e. The SMILES string of the molecule is CC(NCC1CCS(=O)(=O)C1)C1CCCCC1. The summed E-state index contributed by atoms with van der Waals surface area (Å²) in [6.45, 7) is 3.15. The van der Waals surface area contributed by atoms with Crippen molar-refractivity contribution < 1.29 is 8.42 Å². The van der Waals surface area contributed by atoms with Crippen molar-refractivity contribution in [1.82, 2.24) is 5.32 Å². The molecule has 2 rings (SSSR count). The molecule has 0 aromatic heterocycles. The molecule has 1 aliphatic heterocycles. The van der Waals surface area contributed by atoms with E-state index in [1.165, 1.54) is 32.1 Å². The number of hydrogen-bond acceptors (Lipinski definition) is 3. The third-order valence-electron chi connectivity index (χ3n) is 4.41. The molecule has 1 heterocycles. The van der Waals surface area contributed by atoms with Gasteiger partial charge in [-0.2, -0.15) is 0 Å². The molecule has 2 fully saturated rings. The summed E-state index contributed by atoms with van der Waals surface area (Å²) in [6.07, 6.45) is 7.67. The first-order valence-corrected chi connectivity index (χ1v) is 8.83. The molecule has 100 valence electrons. The van der Waals surface area contributed by atoms with Gasteiger partial charge in [0.05, 0.1) is 11.5 Å². The Hall–Kier alpha value is -0.0900. The molecule has 17 heavy (non-hydrogen) atoms. The summed E-state index contributed by atoms with van der Waals surface area (Å²) >= 11 is 0. The number of sulfone groups is 1. The Bertz CT molecular complexity index is 333. The average molecular weight is 259 g/mol. The molecule has 1 N–H and O–H groups in total. The minimum atomic E-state index is -2.71. The molecule has 0 spiro atoms. The average Bonchev–Trinajstić information content (AvgIpc) is 2.67. The van der Waals surface area contributed by atoms with E-state index in [-0.39, 0.29) is 0 Å². The Morgan fingerprint density at radius 1 is 1.18 bits per heavy atom. The van der Waals surface area contributed by atoms with Crippen LogP contribution in [0.4, 0.5) is 0 Å². The summed E-state index contributed by atoms with van der Waals surface area (Å²) in [5.41, 5.74) is 0. The van der Waals surface area contributed by atoms with Crippen molar-refractivity contribution in [3.63, 3.8) is 0 Å². The van der Waals surface area contributed by atoms with Crippen LogP contribution < -0.4 is 5.32 Å². The Labute approximate surface area is 105 Å². The maximum absolute atomic E-state index is 11.4. The van der Waals surface area contributed by atoms with Crippen molar-refractivity contribution in [1.29, 1.82) is 0 Å². The smallest absolute Gasteiger partial charge is 0.150 e. The van der Waals surface area contributed by atoms with Gasteiger partial charge < -0.3 is 5.32 Å². The van der Waals surface area contributed by atoms with Gasteiger partial charge in [-0.1, -0.05) is 19.3 Å². The van der Waals surface area contributed by atoms with Crippen molar-refractivity contribution in [2.24, 2.45) is 11.8 Å². The lowest BCUT2D eigenvalue weighted by Gasteiger charge is -2.29. The molecule has 1 saturated heterocycles. The molecule has 0 bridgehead atoms. The van der Waals surface area contributed by atoms with E-state index in [4.69, 9.17) is 0 Å². The van der Waals surface area contributed by atoms with E-state index < -0.39 is 9.84 Å². The second-order valence-corrected chi connectivity index (χ2v) is 8.09. The standard InChI is InChI=1S/C13H25NO2S/c1-11(13-5-3-2-4-6-13)14-9-12-7-8-17(15,16)10-12/h11-14H,2-10H2,1H3. The third-order valence-corrected chi connectivity index (χ3v) is 6.25. The fraction of sp³-hybridized carbons (Fsp3) is 1.00. The maximum Gasteiger partial charge on any atom is 0.150 e. The van der Waals surface area contributed by atoms with Crippen LogP contribution in [-0.2, 0) is 9.84 Å². The van der Waals surface area contributed by atoms with Crippen molar-refractivity contribution >= 4 is 9.84 Å². The second-order valence-electron chi connectivity index (χ2n) is 5.86. The molecule has 3 nitrogen and oxygen atoms in total. The van der Waals surface area contributed by atoms with Crippen LogP contribution >= 0.6 is 0 Å². The molecule has 2 unspecified atom stereocenters. The first kappa shape index (κ1) is 13.3. The van der Waals surface area contributed by atoms with Gasteiger partial charge in [0.2, 0.25) is 0 Å². The molecule has 2 aliphatic rings. The topological polar surface area (TPSA) is 46.2 Å². The highest BCUT2D eigenvalue weighted by Gasteiger charge is 2.28. The highest BCUT2D eigenvalue weighted by Crippen LogP contribution is 2.26. The monoisotopic (exact) mass is 259 g/mol. The molecule has 2 atom stereocenters. The van der Waals surface area contributed by atoms with Crippen LogP contribution in [0.3, 0.4) is 0 Å². The summed E-state index contributed by atoms with van der Waals surface area (Å²) in [5, 5.41) is 3.57. The van der Waals surface area contributed by atoms with Crippen LogP contribution in [0, 0.1) is 11.8 Å². The van der Waals surface area contributed by atoms with Crippen molar-refractivity contribution in [3.8, 4) is 0 Å². The van der Waals surface area contributed by atoms with Crippen LogP contribution in [0.5, 0.6) is 0 Å². The minimum absolute atomic E-state index is 0.353. The first-order valence-electron chi connectivity index (χ1n) is 7.00. The number of nitrogens with one attached hydrogen (secondary N) is 1. The van der Waals surface area contributed by atoms with Crippen LogP contribution in [0.25, 0.3) is 0 Å². The zero-order valence-electron chi connectivity index (χ0n) is 10.8. The van der Waals surface area contributed by atoms with Crippen LogP contribution in [-0.4, -0.2) is 32.5 Å². The second kappa shape index (κ2) is 5.70. The number of rotatable bonds is 4. The van der Waals surface area contributed by atoms with Gasteiger partial charge in [-0.05, 0) is 44.6 Å². The molecule has 0 aromatic carbocycles. The fourth-order valence-corrected chi connectivity index (χ4v) is 5.05. The Morgan fingerprint density at radius 2 is 1.88 bits per heavy atom. The quantitative estimate of drug-likeness (QED) is 0.839. The van der Waals surface area contributed by atoms with Gasteiger partial charge in [0, 0.05) is 6.04 Å². The van der Waals surface area contributed by atoms with Crippen molar-refractivity contribution in [3.05, 3.63) is 0 Å². The largest absolute Gasteiger partial charge is 0.314 e.